The molecular formula is C24H22N4O5. The first-order valence-electron chi connectivity index (χ1n) is 10.0. The highest BCUT2D eigenvalue weighted by Gasteiger charge is 2.18. The number of benzene rings is 3. The van der Waals surface area contributed by atoms with E-state index in [1.807, 2.05) is 6.92 Å². The fourth-order valence-corrected chi connectivity index (χ4v) is 2.78. The van der Waals surface area contributed by atoms with Crippen molar-refractivity contribution in [3.8, 4) is 11.5 Å². The molecule has 3 amide bonds. The van der Waals surface area contributed by atoms with Gasteiger partial charge in [-0.1, -0.05) is 24.3 Å². The van der Waals surface area contributed by atoms with Crippen molar-refractivity contribution in [1.82, 2.24) is 5.43 Å². The van der Waals surface area contributed by atoms with Crippen molar-refractivity contribution in [2.45, 2.75) is 6.92 Å². The summed E-state index contributed by atoms with van der Waals surface area (Å²) < 4.78 is 5.37. The van der Waals surface area contributed by atoms with E-state index in [0.717, 1.165) is 0 Å². The molecule has 0 aliphatic rings. The van der Waals surface area contributed by atoms with Crippen LogP contribution < -0.4 is 20.8 Å². The first-order valence-corrected chi connectivity index (χ1v) is 10.0. The number of hydrogen-bond donors (Lipinski definition) is 4. The molecule has 0 bridgehead atoms. The third kappa shape index (κ3) is 6.41. The van der Waals surface area contributed by atoms with Crippen LogP contribution in [0.25, 0.3) is 0 Å². The smallest absolute Gasteiger partial charge is 0.329 e. The van der Waals surface area contributed by atoms with E-state index in [2.05, 4.69) is 21.2 Å². The maximum absolute atomic E-state index is 12.7. The van der Waals surface area contributed by atoms with Crippen molar-refractivity contribution in [3.63, 3.8) is 0 Å². The minimum absolute atomic E-state index is 0.0209. The zero-order valence-electron chi connectivity index (χ0n) is 17.7. The summed E-state index contributed by atoms with van der Waals surface area (Å²) in [7, 11) is 0. The number of amides is 3. The van der Waals surface area contributed by atoms with Gasteiger partial charge in [0.2, 0.25) is 0 Å². The number of anilines is 2. The Labute approximate surface area is 190 Å². The second-order valence-electron chi connectivity index (χ2n) is 6.67. The van der Waals surface area contributed by atoms with Gasteiger partial charge < -0.3 is 20.5 Å². The predicted octanol–water partition coefficient (Wildman–Crippen LogP) is 3.13. The number of nitrogens with zero attached hydrogens (tertiary/aromatic N) is 1. The Bertz CT molecular complexity index is 1180. The number of nitrogens with one attached hydrogen (secondary N) is 3. The molecular weight excluding hydrogens is 424 g/mol. The van der Waals surface area contributed by atoms with Gasteiger partial charge in [-0.2, -0.15) is 5.10 Å². The Morgan fingerprint density at radius 2 is 1.61 bits per heavy atom. The Hall–Kier alpha value is -4.66. The molecule has 0 radical (unpaired) electrons. The van der Waals surface area contributed by atoms with E-state index in [-0.39, 0.29) is 17.0 Å². The molecule has 3 aromatic rings. The lowest BCUT2D eigenvalue weighted by atomic mass is 10.1. The normalized spacial score (nSPS) is 10.5. The fourth-order valence-electron chi connectivity index (χ4n) is 2.78. The van der Waals surface area contributed by atoms with Gasteiger partial charge in [0.1, 0.15) is 11.5 Å². The van der Waals surface area contributed by atoms with E-state index >= 15 is 0 Å². The molecule has 0 unspecified atom stereocenters. The number of aromatic hydroxyl groups is 1. The van der Waals surface area contributed by atoms with Crippen LogP contribution in [0.2, 0.25) is 0 Å². The molecule has 4 N–H and O–H groups in total. The van der Waals surface area contributed by atoms with Crippen LogP contribution in [0.1, 0.15) is 22.8 Å². The number of hydrazone groups is 1. The van der Waals surface area contributed by atoms with Gasteiger partial charge in [-0.3, -0.25) is 14.4 Å². The second kappa shape index (κ2) is 11.1. The van der Waals surface area contributed by atoms with Crippen molar-refractivity contribution in [2.75, 3.05) is 17.2 Å². The molecule has 168 valence electrons. The van der Waals surface area contributed by atoms with E-state index in [0.29, 0.717) is 23.6 Å². The lowest BCUT2D eigenvalue weighted by Crippen LogP contribution is -2.33. The van der Waals surface area contributed by atoms with E-state index in [1.54, 1.807) is 54.6 Å². The number of phenolic OH excluding ortho intramolecular Hbond substituents is 1. The van der Waals surface area contributed by atoms with Crippen LogP contribution in [0.4, 0.5) is 11.4 Å². The maximum Gasteiger partial charge on any atom is 0.329 e. The van der Waals surface area contributed by atoms with Gasteiger partial charge >= 0.3 is 11.8 Å². The molecule has 3 aromatic carbocycles. The van der Waals surface area contributed by atoms with E-state index in [1.165, 1.54) is 24.4 Å². The highest BCUT2D eigenvalue weighted by atomic mass is 16.5. The zero-order chi connectivity index (χ0) is 23.6. The molecule has 0 heterocycles. The second-order valence-corrected chi connectivity index (χ2v) is 6.67. The Morgan fingerprint density at radius 1 is 0.909 bits per heavy atom. The molecule has 0 atom stereocenters. The number of carbonyl (C=O) groups excluding carboxylic acids is 3. The van der Waals surface area contributed by atoms with E-state index in [9.17, 15) is 19.5 Å². The van der Waals surface area contributed by atoms with Crippen LogP contribution in [0, 0.1) is 0 Å². The van der Waals surface area contributed by atoms with Gasteiger partial charge in [0.15, 0.2) is 0 Å². The largest absolute Gasteiger partial charge is 0.507 e. The van der Waals surface area contributed by atoms with Crippen LogP contribution in [0.3, 0.4) is 0 Å². The zero-order valence-corrected chi connectivity index (χ0v) is 17.7. The summed E-state index contributed by atoms with van der Waals surface area (Å²) in [4.78, 5) is 37.0. The van der Waals surface area contributed by atoms with Crippen molar-refractivity contribution in [3.05, 3.63) is 83.9 Å². The average molecular weight is 446 g/mol. The highest BCUT2D eigenvalue weighted by molar-refractivity contribution is 6.40. The number of rotatable bonds is 7. The van der Waals surface area contributed by atoms with Crippen molar-refractivity contribution in [2.24, 2.45) is 5.10 Å². The number of para-hydroxylation sites is 2. The van der Waals surface area contributed by atoms with Crippen LogP contribution in [-0.4, -0.2) is 35.6 Å². The van der Waals surface area contributed by atoms with Crippen LogP contribution in [0.15, 0.2) is 77.9 Å². The molecule has 9 heteroatoms. The van der Waals surface area contributed by atoms with Gasteiger partial charge in [0.05, 0.1) is 24.1 Å². The predicted molar refractivity (Wildman–Crippen MR) is 124 cm³/mol. The van der Waals surface area contributed by atoms with Crippen LogP contribution in [0.5, 0.6) is 11.5 Å². The molecule has 0 aliphatic carbocycles. The number of carbonyl (C=O) groups is 3. The number of ether oxygens (including phenoxy) is 1. The SMILES string of the molecule is CCOc1ccc(NC(=O)c2ccccc2NC(=O)C(=O)NN=Cc2ccccc2O)cc1. The van der Waals surface area contributed by atoms with Crippen LogP contribution >= 0.6 is 0 Å². The summed E-state index contributed by atoms with van der Waals surface area (Å²) in [5.41, 5.74) is 3.32. The van der Waals surface area contributed by atoms with Gasteiger partial charge in [0.25, 0.3) is 5.91 Å². The number of hydrogen-bond acceptors (Lipinski definition) is 6. The van der Waals surface area contributed by atoms with E-state index < -0.39 is 17.7 Å². The summed E-state index contributed by atoms with van der Waals surface area (Å²) in [6.07, 6.45) is 1.21. The molecule has 3 rings (SSSR count). The van der Waals surface area contributed by atoms with E-state index in [4.69, 9.17) is 4.74 Å². The lowest BCUT2D eigenvalue weighted by molar-refractivity contribution is -0.136. The van der Waals surface area contributed by atoms with Gasteiger partial charge in [0, 0.05) is 11.3 Å². The molecule has 9 nitrogen and oxygen atoms in total. The summed E-state index contributed by atoms with van der Waals surface area (Å²) in [5.74, 6) is -1.85. The standard InChI is InChI=1S/C24H22N4O5/c1-2-33-18-13-11-17(12-14-18)26-22(30)19-8-4-5-9-20(19)27-23(31)24(32)28-25-15-16-7-3-6-10-21(16)29/h3-15,29H,2H2,1H3,(H,26,30)(H,27,31)(H,28,32). The van der Waals surface area contributed by atoms with Gasteiger partial charge in [-0.05, 0) is 55.5 Å². The monoisotopic (exact) mass is 446 g/mol. The van der Waals surface area contributed by atoms with Crippen molar-refractivity contribution >= 4 is 35.3 Å². The summed E-state index contributed by atoms with van der Waals surface area (Å²) in [6.45, 7) is 2.41. The highest BCUT2D eigenvalue weighted by Crippen LogP contribution is 2.20. The topological polar surface area (TPSA) is 129 Å². The summed E-state index contributed by atoms with van der Waals surface area (Å²) in [5, 5.41) is 18.5. The lowest BCUT2D eigenvalue weighted by Gasteiger charge is -2.11. The Morgan fingerprint density at radius 3 is 2.33 bits per heavy atom. The first-order chi connectivity index (χ1) is 16.0. The molecule has 33 heavy (non-hydrogen) atoms. The quantitative estimate of drug-likeness (QED) is 0.252. The molecule has 0 fully saturated rings. The Balaban J connectivity index is 1.63. The average Bonchev–Trinajstić information content (AvgIpc) is 2.82. The third-order valence-corrected chi connectivity index (χ3v) is 4.36. The molecule has 0 saturated heterocycles. The summed E-state index contributed by atoms with van der Waals surface area (Å²) >= 11 is 0. The maximum atomic E-state index is 12.7. The van der Waals surface area contributed by atoms with Crippen LogP contribution in [-0.2, 0) is 9.59 Å². The van der Waals surface area contributed by atoms with Gasteiger partial charge in [-0.25, -0.2) is 5.43 Å². The molecule has 0 aromatic heterocycles. The molecule has 0 saturated carbocycles. The minimum Gasteiger partial charge on any atom is -0.507 e. The first kappa shape index (κ1) is 23.0. The van der Waals surface area contributed by atoms with Crippen molar-refractivity contribution < 1.29 is 24.2 Å². The molecule has 0 aliphatic heterocycles. The number of phenols is 1. The fraction of sp³-hybridized carbons (Fsp3) is 0.0833. The summed E-state index contributed by atoms with van der Waals surface area (Å²) in [6, 6.07) is 19.5. The van der Waals surface area contributed by atoms with Gasteiger partial charge in [-0.15, -0.1) is 0 Å². The minimum atomic E-state index is -1.04. The third-order valence-electron chi connectivity index (χ3n) is 4.36. The molecule has 0 spiro atoms. The van der Waals surface area contributed by atoms with Crippen molar-refractivity contribution in [1.29, 1.82) is 0 Å². The Kier molecular flexibility index (Phi) is 7.74.